The van der Waals surface area contributed by atoms with E-state index >= 15 is 0 Å². The Balaban J connectivity index is 2.29. The number of amides is 2. The van der Waals surface area contributed by atoms with Crippen molar-refractivity contribution in [3.8, 4) is 0 Å². The van der Waals surface area contributed by atoms with Gasteiger partial charge in [0.1, 0.15) is 0 Å². The highest BCUT2D eigenvalue weighted by atomic mass is 16.5. The molecule has 0 saturated carbocycles. The number of nitrogens with zero attached hydrogens (tertiary/aromatic N) is 1. The third kappa shape index (κ3) is 5.49. The molecule has 1 aliphatic rings. The number of hydrogen-bond donors (Lipinski definition) is 1. The van der Waals surface area contributed by atoms with Crippen LogP contribution in [0.3, 0.4) is 0 Å². The summed E-state index contributed by atoms with van der Waals surface area (Å²) < 4.78 is 5.39. The second-order valence-electron chi connectivity index (χ2n) is 5.59. The Bertz CT molecular complexity index is 318. The number of likely N-dealkylation sites (tertiary alicyclic amines) is 1. The van der Waals surface area contributed by atoms with Crippen LogP contribution in [0.15, 0.2) is 0 Å². The van der Waals surface area contributed by atoms with Gasteiger partial charge in [-0.2, -0.15) is 0 Å². The second kappa shape index (κ2) is 8.95. The van der Waals surface area contributed by atoms with E-state index in [4.69, 9.17) is 4.74 Å². The number of hydrogen-bond acceptors (Lipinski definition) is 3. The summed E-state index contributed by atoms with van der Waals surface area (Å²) >= 11 is 0. The number of carbonyl (C=O) groups excluding carboxylic acids is 2. The van der Waals surface area contributed by atoms with Crippen LogP contribution in [0.25, 0.3) is 0 Å². The van der Waals surface area contributed by atoms with Crippen LogP contribution in [0.1, 0.15) is 52.9 Å². The van der Waals surface area contributed by atoms with E-state index in [0.29, 0.717) is 19.7 Å². The summed E-state index contributed by atoms with van der Waals surface area (Å²) in [6.07, 6.45) is 5.01. The lowest BCUT2D eigenvalue weighted by Crippen LogP contribution is -2.50. The van der Waals surface area contributed by atoms with Crippen molar-refractivity contribution < 1.29 is 14.3 Å². The molecule has 0 spiro atoms. The van der Waals surface area contributed by atoms with Crippen LogP contribution in [-0.4, -0.2) is 48.6 Å². The van der Waals surface area contributed by atoms with E-state index in [2.05, 4.69) is 12.2 Å². The molecule has 0 aromatic rings. The van der Waals surface area contributed by atoms with Crippen LogP contribution in [-0.2, 0) is 14.3 Å². The van der Waals surface area contributed by atoms with Gasteiger partial charge in [0.25, 0.3) is 0 Å². The van der Waals surface area contributed by atoms with Crippen molar-refractivity contribution in [3.05, 3.63) is 0 Å². The van der Waals surface area contributed by atoms with Crippen LogP contribution < -0.4 is 5.32 Å². The molecule has 5 heteroatoms. The predicted molar refractivity (Wildman–Crippen MR) is 78.4 cm³/mol. The van der Waals surface area contributed by atoms with Gasteiger partial charge >= 0.3 is 11.8 Å². The lowest BCUT2D eigenvalue weighted by atomic mass is 10.00. The highest BCUT2D eigenvalue weighted by molar-refractivity contribution is 6.35. The zero-order valence-corrected chi connectivity index (χ0v) is 13.0. The van der Waals surface area contributed by atoms with Gasteiger partial charge in [-0.25, -0.2) is 0 Å². The van der Waals surface area contributed by atoms with E-state index in [1.807, 2.05) is 13.8 Å². The first-order valence-corrected chi connectivity index (χ1v) is 7.76. The van der Waals surface area contributed by atoms with E-state index in [0.717, 1.165) is 32.1 Å². The molecule has 1 unspecified atom stereocenters. The number of nitrogens with one attached hydrogen (secondary N) is 1. The quantitative estimate of drug-likeness (QED) is 0.596. The first kappa shape index (κ1) is 17.0. The highest BCUT2D eigenvalue weighted by Gasteiger charge is 2.29. The zero-order chi connectivity index (χ0) is 15.0. The highest BCUT2D eigenvalue weighted by Crippen LogP contribution is 2.19. The third-order valence-electron chi connectivity index (χ3n) is 3.61. The number of carbonyl (C=O) groups is 2. The molecule has 5 nitrogen and oxygen atoms in total. The SMILES string of the molecule is CCC1CCCCN1C(=O)C(=O)NCCCOC(C)C. The van der Waals surface area contributed by atoms with Crippen LogP contribution in [0, 0.1) is 0 Å². The molecule has 0 radical (unpaired) electrons. The van der Waals surface area contributed by atoms with Gasteiger partial charge in [-0.1, -0.05) is 6.92 Å². The maximum atomic E-state index is 12.1. The summed E-state index contributed by atoms with van der Waals surface area (Å²) in [5.41, 5.74) is 0. The lowest BCUT2D eigenvalue weighted by Gasteiger charge is -2.34. The van der Waals surface area contributed by atoms with Crippen molar-refractivity contribution >= 4 is 11.8 Å². The van der Waals surface area contributed by atoms with Crippen LogP contribution in [0.4, 0.5) is 0 Å². The molecule has 0 aromatic heterocycles. The van der Waals surface area contributed by atoms with Crippen molar-refractivity contribution in [1.82, 2.24) is 10.2 Å². The van der Waals surface area contributed by atoms with Gasteiger partial charge in [-0.15, -0.1) is 0 Å². The van der Waals surface area contributed by atoms with E-state index in [9.17, 15) is 9.59 Å². The van der Waals surface area contributed by atoms with E-state index in [1.165, 1.54) is 0 Å². The Kier molecular flexibility index (Phi) is 7.59. The van der Waals surface area contributed by atoms with Crippen LogP contribution >= 0.6 is 0 Å². The van der Waals surface area contributed by atoms with E-state index < -0.39 is 5.91 Å². The number of rotatable bonds is 6. The molecule has 20 heavy (non-hydrogen) atoms. The van der Waals surface area contributed by atoms with Gasteiger partial charge < -0.3 is 15.0 Å². The molecule has 1 rings (SSSR count). The second-order valence-corrected chi connectivity index (χ2v) is 5.59. The first-order valence-electron chi connectivity index (χ1n) is 7.76. The molecule has 1 N–H and O–H groups in total. The number of piperidine rings is 1. The molecule has 116 valence electrons. The van der Waals surface area contributed by atoms with Crippen LogP contribution in [0.2, 0.25) is 0 Å². The van der Waals surface area contributed by atoms with Gasteiger partial charge in [-0.05, 0) is 46.0 Å². The summed E-state index contributed by atoms with van der Waals surface area (Å²) in [5, 5.41) is 2.69. The third-order valence-corrected chi connectivity index (χ3v) is 3.61. The molecular weight excluding hydrogens is 256 g/mol. The topological polar surface area (TPSA) is 58.6 Å². The summed E-state index contributed by atoms with van der Waals surface area (Å²) in [4.78, 5) is 25.7. The fourth-order valence-electron chi connectivity index (χ4n) is 2.49. The predicted octanol–water partition coefficient (Wildman–Crippen LogP) is 1.71. The summed E-state index contributed by atoms with van der Waals surface area (Å²) in [7, 11) is 0. The number of ether oxygens (including phenoxy) is 1. The van der Waals surface area contributed by atoms with Gasteiger partial charge in [0.2, 0.25) is 0 Å². The maximum Gasteiger partial charge on any atom is 0.312 e. The molecule has 2 amide bonds. The largest absolute Gasteiger partial charge is 0.379 e. The first-order chi connectivity index (χ1) is 9.56. The minimum absolute atomic E-state index is 0.200. The van der Waals surface area contributed by atoms with Gasteiger partial charge in [0.05, 0.1) is 6.10 Å². The summed E-state index contributed by atoms with van der Waals surface area (Å²) in [6, 6.07) is 0.228. The van der Waals surface area contributed by atoms with E-state index in [1.54, 1.807) is 4.90 Å². The van der Waals surface area contributed by atoms with Crippen molar-refractivity contribution in [2.45, 2.75) is 65.0 Å². The molecule has 1 heterocycles. The molecule has 1 fully saturated rings. The summed E-state index contributed by atoms with van der Waals surface area (Å²) in [5.74, 6) is -0.851. The molecular formula is C15H28N2O3. The van der Waals surface area contributed by atoms with Crippen LogP contribution in [0.5, 0.6) is 0 Å². The molecule has 0 aromatic carbocycles. The van der Waals surface area contributed by atoms with Gasteiger partial charge in [0.15, 0.2) is 0 Å². The monoisotopic (exact) mass is 284 g/mol. The molecule has 0 bridgehead atoms. The van der Waals surface area contributed by atoms with Crippen molar-refractivity contribution in [2.75, 3.05) is 19.7 Å². The lowest BCUT2D eigenvalue weighted by molar-refractivity contribution is -0.148. The van der Waals surface area contributed by atoms with Gasteiger partial charge in [-0.3, -0.25) is 9.59 Å². The normalized spacial score (nSPS) is 19.2. The van der Waals surface area contributed by atoms with Crippen molar-refractivity contribution in [3.63, 3.8) is 0 Å². The summed E-state index contributed by atoms with van der Waals surface area (Å²) in [6.45, 7) is 7.82. The minimum atomic E-state index is -0.477. The Morgan fingerprint density at radius 2 is 2.10 bits per heavy atom. The smallest absolute Gasteiger partial charge is 0.312 e. The fraction of sp³-hybridized carbons (Fsp3) is 0.867. The fourth-order valence-corrected chi connectivity index (χ4v) is 2.49. The standard InChI is InChI=1S/C15H28N2O3/c1-4-13-8-5-6-10-17(13)15(19)14(18)16-9-7-11-20-12(2)3/h12-13H,4-11H2,1-3H3,(H,16,18). The molecule has 1 aliphatic heterocycles. The van der Waals surface area contributed by atoms with E-state index in [-0.39, 0.29) is 18.1 Å². The average molecular weight is 284 g/mol. The Hall–Kier alpha value is -1.10. The minimum Gasteiger partial charge on any atom is -0.379 e. The average Bonchev–Trinajstić information content (AvgIpc) is 2.45. The zero-order valence-electron chi connectivity index (χ0n) is 13.0. The Morgan fingerprint density at radius 1 is 1.35 bits per heavy atom. The van der Waals surface area contributed by atoms with Crippen molar-refractivity contribution in [2.24, 2.45) is 0 Å². The molecule has 1 saturated heterocycles. The van der Waals surface area contributed by atoms with Crippen molar-refractivity contribution in [1.29, 1.82) is 0 Å². The maximum absolute atomic E-state index is 12.1. The molecule has 1 atom stereocenters. The Morgan fingerprint density at radius 3 is 2.75 bits per heavy atom. The van der Waals surface area contributed by atoms with Gasteiger partial charge in [0, 0.05) is 25.7 Å². The molecule has 0 aliphatic carbocycles. The Labute approximate surface area is 122 Å².